The summed E-state index contributed by atoms with van der Waals surface area (Å²) in [5.74, 6) is -0.359. The molecule has 2 amide bonds. The van der Waals surface area contributed by atoms with Gasteiger partial charge in [-0.25, -0.2) is 4.98 Å². The Bertz CT molecular complexity index is 582. The second kappa shape index (κ2) is 10.9. The molecule has 1 aliphatic heterocycles. The Balaban J connectivity index is 1.91. The fourth-order valence-electron chi connectivity index (χ4n) is 2.94. The SMILES string of the molecule is CCCN(CCC)C(=O)c1cccc(C(=O)NCCN2CCOCC2)n1. The standard InChI is InChI=1S/C19H30N4O3/c1-3-9-23(10-4-2)19(25)17-7-5-6-16(21-17)18(24)20-8-11-22-12-14-26-15-13-22/h5-7H,3-4,8-15H2,1-2H3,(H,20,24). The van der Waals surface area contributed by atoms with Crippen LogP contribution in [-0.2, 0) is 4.74 Å². The Kier molecular flexibility index (Phi) is 8.50. The van der Waals surface area contributed by atoms with Gasteiger partial charge in [0.15, 0.2) is 0 Å². The van der Waals surface area contributed by atoms with Gasteiger partial charge in [-0.2, -0.15) is 0 Å². The molecule has 7 heteroatoms. The lowest BCUT2D eigenvalue weighted by atomic mass is 10.2. The minimum absolute atomic E-state index is 0.114. The highest BCUT2D eigenvalue weighted by molar-refractivity contribution is 5.96. The molecule has 0 aromatic carbocycles. The molecule has 2 rings (SSSR count). The van der Waals surface area contributed by atoms with E-state index in [1.807, 2.05) is 13.8 Å². The van der Waals surface area contributed by atoms with Gasteiger partial charge in [-0.3, -0.25) is 14.5 Å². The minimum Gasteiger partial charge on any atom is -0.379 e. The normalized spacial score (nSPS) is 14.8. The highest BCUT2D eigenvalue weighted by Gasteiger charge is 2.18. The number of ether oxygens (including phenoxy) is 1. The van der Waals surface area contributed by atoms with Crippen LogP contribution in [0.2, 0.25) is 0 Å². The van der Waals surface area contributed by atoms with Crippen LogP contribution >= 0.6 is 0 Å². The highest BCUT2D eigenvalue weighted by Crippen LogP contribution is 2.06. The van der Waals surface area contributed by atoms with Crippen LogP contribution in [0.5, 0.6) is 0 Å². The topological polar surface area (TPSA) is 74.8 Å². The van der Waals surface area contributed by atoms with E-state index in [2.05, 4.69) is 15.2 Å². The molecule has 0 saturated carbocycles. The number of pyridine rings is 1. The summed E-state index contributed by atoms with van der Waals surface area (Å²) in [5.41, 5.74) is 0.610. The third-order valence-corrected chi connectivity index (χ3v) is 4.29. The summed E-state index contributed by atoms with van der Waals surface area (Å²) in [6, 6.07) is 5.03. The monoisotopic (exact) mass is 362 g/mol. The second-order valence-electron chi connectivity index (χ2n) is 6.41. The maximum absolute atomic E-state index is 12.6. The van der Waals surface area contributed by atoms with Crippen molar-refractivity contribution in [3.63, 3.8) is 0 Å². The highest BCUT2D eigenvalue weighted by atomic mass is 16.5. The Morgan fingerprint density at radius 2 is 1.81 bits per heavy atom. The average Bonchev–Trinajstić information content (AvgIpc) is 2.68. The first-order chi connectivity index (χ1) is 12.7. The van der Waals surface area contributed by atoms with Gasteiger partial charge in [-0.05, 0) is 25.0 Å². The van der Waals surface area contributed by atoms with Crippen LogP contribution in [0.15, 0.2) is 18.2 Å². The van der Waals surface area contributed by atoms with E-state index in [1.54, 1.807) is 23.1 Å². The van der Waals surface area contributed by atoms with Gasteiger partial charge in [-0.15, -0.1) is 0 Å². The van der Waals surface area contributed by atoms with Crippen LogP contribution in [0.4, 0.5) is 0 Å². The van der Waals surface area contributed by atoms with E-state index in [0.29, 0.717) is 25.3 Å². The summed E-state index contributed by atoms with van der Waals surface area (Å²) in [4.78, 5) is 33.3. The summed E-state index contributed by atoms with van der Waals surface area (Å²) in [7, 11) is 0. The number of aromatic nitrogens is 1. The summed E-state index contributed by atoms with van der Waals surface area (Å²) in [5, 5.41) is 2.88. The van der Waals surface area contributed by atoms with Crippen LogP contribution in [-0.4, -0.2) is 79.1 Å². The van der Waals surface area contributed by atoms with Crippen molar-refractivity contribution in [2.24, 2.45) is 0 Å². The van der Waals surface area contributed by atoms with Crippen LogP contribution < -0.4 is 5.32 Å². The molecule has 7 nitrogen and oxygen atoms in total. The van der Waals surface area contributed by atoms with Crippen molar-refractivity contribution in [1.82, 2.24) is 20.1 Å². The molecule has 1 aromatic rings. The van der Waals surface area contributed by atoms with Gasteiger partial charge in [0.25, 0.3) is 11.8 Å². The molecule has 1 N–H and O–H groups in total. The molecule has 1 saturated heterocycles. The van der Waals surface area contributed by atoms with E-state index in [1.165, 1.54) is 0 Å². The number of nitrogens with zero attached hydrogens (tertiary/aromatic N) is 3. The molecule has 0 aliphatic carbocycles. The Labute approximate surface area is 155 Å². The van der Waals surface area contributed by atoms with E-state index >= 15 is 0 Å². The maximum atomic E-state index is 12.6. The summed E-state index contributed by atoms with van der Waals surface area (Å²) >= 11 is 0. The third-order valence-electron chi connectivity index (χ3n) is 4.29. The first kappa shape index (κ1) is 20.3. The smallest absolute Gasteiger partial charge is 0.272 e. The predicted octanol–water partition coefficient (Wildman–Crippen LogP) is 1.41. The Morgan fingerprint density at radius 1 is 1.15 bits per heavy atom. The van der Waals surface area contributed by atoms with Crippen LogP contribution in [0, 0.1) is 0 Å². The zero-order valence-electron chi connectivity index (χ0n) is 15.9. The van der Waals surface area contributed by atoms with E-state index in [-0.39, 0.29) is 17.5 Å². The van der Waals surface area contributed by atoms with Crippen molar-refractivity contribution in [1.29, 1.82) is 0 Å². The van der Waals surface area contributed by atoms with Crippen molar-refractivity contribution in [2.45, 2.75) is 26.7 Å². The fourth-order valence-corrected chi connectivity index (χ4v) is 2.94. The summed E-state index contributed by atoms with van der Waals surface area (Å²) in [6.07, 6.45) is 1.79. The molecule has 0 radical (unpaired) electrons. The van der Waals surface area contributed by atoms with Crippen molar-refractivity contribution in [3.05, 3.63) is 29.6 Å². The molecule has 2 heterocycles. The second-order valence-corrected chi connectivity index (χ2v) is 6.41. The molecular weight excluding hydrogens is 332 g/mol. The zero-order valence-corrected chi connectivity index (χ0v) is 15.9. The van der Waals surface area contributed by atoms with Crippen molar-refractivity contribution >= 4 is 11.8 Å². The van der Waals surface area contributed by atoms with Gasteiger partial charge in [0.1, 0.15) is 11.4 Å². The lowest BCUT2D eigenvalue weighted by Gasteiger charge is -2.26. The Hall–Kier alpha value is -1.99. The lowest BCUT2D eigenvalue weighted by molar-refractivity contribution is 0.0383. The van der Waals surface area contributed by atoms with Gasteiger partial charge < -0.3 is 15.0 Å². The summed E-state index contributed by atoms with van der Waals surface area (Å²) < 4.78 is 5.31. The number of amides is 2. The number of rotatable bonds is 9. The number of morpholine rings is 1. The molecule has 0 bridgehead atoms. The molecule has 0 atom stereocenters. The average molecular weight is 362 g/mol. The number of carbonyl (C=O) groups is 2. The first-order valence-corrected chi connectivity index (χ1v) is 9.50. The molecule has 1 aliphatic rings. The molecule has 0 spiro atoms. The van der Waals surface area contributed by atoms with E-state index in [9.17, 15) is 9.59 Å². The maximum Gasteiger partial charge on any atom is 0.272 e. The number of hydrogen-bond acceptors (Lipinski definition) is 5. The molecular formula is C19H30N4O3. The number of hydrogen-bond donors (Lipinski definition) is 1. The van der Waals surface area contributed by atoms with Crippen molar-refractivity contribution < 1.29 is 14.3 Å². The molecule has 26 heavy (non-hydrogen) atoms. The zero-order chi connectivity index (χ0) is 18.8. The summed E-state index contributed by atoms with van der Waals surface area (Å²) in [6.45, 7) is 10.1. The molecule has 1 fully saturated rings. The van der Waals surface area contributed by atoms with Crippen LogP contribution in [0.1, 0.15) is 47.7 Å². The van der Waals surface area contributed by atoms with E-state index in [0.717, 1.165) is 45.7 Å². The van der Waals surface area contributed by atoms with Gasteiger partial charge in [0.05, 0.1) is 13.2 Å². The molecule has 0 unspecified atom stereocenters. The minimum atomic E-state index is -0.245. The van der Waals surface area contributed by atoms with Crippen molar-refractivity contribution in [3.8, 4) is 0 Å². The van der Waals surface area contributed by atoms with Crippen LogP contribution in [0.3, 0.4) is 0 Å². The quantitative estimate of drug-likeness (QED) is 0.719. The molecule has 144 valence electrons. The van der Waals surface area contributed by atoms with Crippen LogP contribution in [0.25, 0.3) is 0 Å². The first-order valence-electron chi connectivity index (χ1n) is 9.50. The number of carbonyl (C=O) groups excluding carboxylic acids is 2. The van der Waals surface area contributed by atoms with E-state index in [4.69, 9.17) is 4.74 Å². The fraction of sp³-hybridized carbons (Fsp3) is 0.632. The lowest BCUT2D eigenvalue weighted by Crippen LogP contribution is -2.41. The van der Waals surface area contributed by atoms with Gasteiger partial charge >= 0.3 is 0 Å². The van der Waals surface area contributed by atoms with Gasteiger partial charge in [0, 0.05) is 39.3 Å². The predicted molar refractivity (Wildman–Crippen MR) is 100 cm³/mol. The van der Waals surface area contributed by atoms with E-state index < -0.39 is 0 Å². The molecule has 1 aromatic heterocycles. The van der Waals surface area contributed by atoms with Gasteiger partial charge in [0.2, 0.25) is 0 Å². The van der Waals surface area contributed by atoms with Crippen molar-refractivity contribution in [2.75, 3.05) is 52.5 Å². The number of nitrogens with one attached hydrogen (secondary N) is 1. The third kappa shape index (κ3) is 6.07. The Morgan fingerprint density at radius 3 is 2.46 bits per heavy atom. The van der Waals surface area contributed by atoms with Gasteiger partial charge in [-0.1, -0.05) is 19.9 Å². The largest absolute Gasteiger partial charge is 0.379 e.